The lowest BCUT2D eigenvalue weighted by molar-refractivity contribution is -0.485. The van der Waals surface area contributed by atoms with Gasteiger partial charge in [0.15, 0.2) is 5.03 Å². The highest BCUT2D eigenvalue weighted by molar-refractivity contribution is 5.79. The van der Waals surface area contributed by atoms with Gasteiger partial charge in [-0.15, -0.1) is 0 Å². The van der Waals surface area contributed by atoms with E-state index >= 15 is 0 Å². The van der Waals surface area contributed by atoms with Crippen molar-refractivity contribution in [2.24, 2.45) is 16.6 Å². The van der Waals surface area contributed by atoms with Crippen molar-refractivity contribution in [3.8, 4) is 11.4 Å². The van der Waals surface area contributed by atoms with Crippen LogP contribution in [0.3, 0.4) is 0 Å². The van der Waals surface area contributed by atoms with Crippen molar-refractivity contribution < 1.29 is 9.83 Å². The third-order valence-electron chi connectivity index (χ3n) is 6.42. The number of hydrogen-bond donors (Lipinski definition) is 4. The van der Waals surface area contributed by atoms with Crippen LogP contribution in [0.5, 0.6) is 0 Å². The van der Waals surface area contributed by atoms with E-state index in [0.717, 1.165) is 11.1 Å². The number of benzene rings is 3. The standard InChI is InChI=1S/C28H31N9O5/c29-25(38)24(15-8-16-31-26(30)33-37(41)42)32-18-20-9-7-10-21(17-20)19-34-27(39)35(22-11-3-1-4-12-22)36(28(34)40)23-13-5-2-6-14-23/h1-7,9-14,17,24,32H,8,15-16,18-19H2,(H2,29,38)(H3,30,31,33)/t24-/m1/s1. The highest BCUT2D eigenvalue weighted by Gasteiger charge is 2.19. The minimum atomic E-state index is -0.904. The number of para-hydroxylation sites is 2. The molecular weight excluding hydrogens is 542 g/mol. The Bertz CT molecular complexity index is 1610. The van der Waals surface area contributed by atoms with Crippen molar-refractivity contribution in [2.75, 3.05) is 6.54 Å². The second-order valence-electron chi connectivity index (χ2n) is 9.39. The summed E-state index contributed by atoms with van der Waals surface area (Å²) < 4.78 is 3.89. The summed E-state index contributed by atoms with van der Waals surface area (Å²) in [6, 6.07) is 24.6. The predicted octanol–water partition coefficient (Wildman–Crippen LogP) is 0.658. The molecule has 0 aliphatic rings. The smallest absolute Gasteiger partial charge is 0.352 e. The highest BCUT2D eigenvalue weighted by atomic mass is 16.7. The number of carbonyl (C=O) groups excluding carboxylic acids is 1. The number of hydrogen-bond acceptors (Lipinski definition) is 6. The van der Waals surface area contributed by atoms with Crippen LogP contribution in [-0.2, 0) is 17.9 Å². The Labute approximate surface area is 240 Å². The van der Waals surface area contributed by atoms with Gasteiger partial charge in [-0.2, -0.15) is 9.36 Å². The molecule has 0 radical (unpaired) electrons. The Morgan fingerprint density at radius 2 is 1.45 bits per heavy atom. The van der Waals surface area contributed by atoms with E-state index in [9.17, 15) is 24.5 Å². The molecule has 4 aromatic rings. The molecule has 0 saturated heterocycles. The van der Waals surface area contributed by atoms with Gasteiger partial charge in [0.2, 0.25) is 5.91 Å². The maximum atomic E-state index is 13.6. The maximum absolute atomic E-state index is 13.6. The molecule has 0 aliphatic carbocycles. The van der Waals surface area contributed by atoms with E-state index in [1.807, 2.05) is 36.4 Å². The lowest BCUT2D eigenvalue weighted by atomic mass is 10.1. The van der Waals surface area contributed by atoms with E-state index in [0.29, 0.717) is 30.8 Å². The fourth-order valence-electron chi connectivity index (χ4n) is 4.46. The molecule has 1 aromatic heterocycles. The van der Waals surface area contributed by atoms with E-state index in [1.54, 1.807) is 48.5 Å². The second-order valence-corrected chi connectivity index (χ2v) is 9.39. The van der Waals surface area contributed by atoms with Gasteiger partial charge in [-0.05, 0) is 48.2 Å². The maximum Gasteiger partial charge on any atom is 0.352 e. The summed E-state index contributed by atoms with van der Waals surface area (Å²) in [5.41, 5.74) is 12.6. The SMILES string of the molecule is NC(=O)[C@@H](CCCNC(N)=N[N+](=O)[O-])NCc1cccc(Cn2c(=O)n(-c3ccccc3)n(-c3ccccc3)c2=O)c1. The van der Waals surface area contributed by atoms with Gasteiger partial charge >= 0.3 is 11.4 Å². The lowest BCUT2D eigenvalue weighted by Crippen LogP contribution is -2.41. The van der Waals surface area contributed by atoms with Gasteiger partial charge in [0.25, 0.3) is 5.96 Å². The first-order valence-corrected chi connectivity index (χ1v) is 13.1. The van der Waals surface area contributed by atoms with Crippen molar-refractivity contribution in [2.45, 2.75) is 32.0 Å². The number of rotatable bonds is 13. The fourth-order valence-corrected chi connectivity index (χ4v) is 4.46. The number of hydrazone groups is 1. The minimum absolute atomic E-state index is 0.0379. The van der Waals surface area contributed by atoms with Crippen LogP contribution in [-0.4, -0.2) is 43.4 Å². The van der Waals surface area contributed by atoms with E-state index in [2.05, 4.69) is 15.7 Å². The zero-order valence-corrected chi connectivity index (χ0v) is 22.6. The molecule has 3 aromatic carbocycles. The number of nitro groups is 1. The Kier molecular flexibility index (Phi) is 9.63. The first kappa shape index (κ1) is 29.5. The molecule has 1 heterocycles. The molecule has 6 N–H and O–H groups in total. The third kappa shape index (κ3) is 7.37. The monoisotopic (exact) mass is 573 g/mol. The Balaban J connectivity index is 1.50. The van der Waals surface area contributed by atoms with Gasteiger partial charge in [0.1, 0.15) is 5.10 Å². The van der Waals surface area contributed by atoms with Gasteiger partial charge < -0.3 is 22.1 Å². The number of nitrogens with two attached hydrogens (primary N) is 2. The van der Waals surface area contributed by atoms with E-state index in [-0.39, 0.29) is 19.0 Å². The predicted molar refractivity (Wildman–Crippen MR) is 157 cm³/mol. The summed E-state index contributed by atoms with van der Waals surface area (Å²) in [5.74, 6) is -0.873. The molecule has 42 heavy (non-hydrogen) atoms. The normalized spacial score (nSPS) is 12.1. The molecule has 218 valence electrons. The lowest BCUT2D eigenvalue weighted by Gasteiger charge is -2.16. The Morgan fingerprint density at radius 3 is 2.00 bits per heavy atom. The van der Waals surface area contributed by atoms with Crippen molar-refractivity contribution in [3.63, 3.8) is 0 Å². The number of nitrogens with zero attached hydrogens (tertiary/aromatic N) is 5. The van der Waals surface area contributed by atoms with Crippen molar-refractivity contribution >= 4 is 11.9 Å². The van der Waals surface area contributed by atoms with Gasteiger partial charge in [-0.25, -0.2) is 24.3 Å². The third-order valence-corrected chi connectivity index (χ3v) is 6.42. The average Bonchev–Trinajstić information content (AvgIpc) is 3.22. The summed E-state index contributed by atoms with van der Waals surface area (Å²) in [4.78, 5) is 49.5. The molecule has 4 rings (SSSR count). The number of primary amides is 1. The van der Waals surface area contributed by atoms with Crippen LogP contribution in [0.1, 0.15) is 24.0 Å². The Hall–Kier alpha value is -5.50. The first-order chi connectivity index (χ1) is 20.2. The number of amides is 1. The van der Waals surface area contributed by atoms with Crippen LogP contribution in [0.25, 0.3) is 11.4 Å². The zero-order chi connectivity index (χ0) is 30.1. The van der Waals surface area contributed by atoms with Crippen LogP contribution >= 0.6 is 0 Å². The van der Waals surface area contributed by atoms with Gasteiger partial charge in [-0.3, -0.25) is 4.79 Å². The van der Waals surface area contributed by atoms with E-state index < -0.39 is 28.4 Å². The van der Waals surface area contributed by atoms with Gasteiger partial charge in [0.05, 0.1) is 24.0 Å². The topological polar surface area (TPSA) is 198 Å². The molecular formula is C28H31N9O5. The van der Waals surface area contributed by atoms with Crippen LogP contribution in [0.15, 0.2) is 99.6 Å². The van der Waals surface area contributed by atoms with Crippen molar-refractivity contribution in [1.82, 2.24) is 24.6 Å². The number of guanidine groups is 1. The molecule has 0 bridgehead atoms. The van der Waals surface area contributed by atoms with Crippen LogP contribution in [0, 0.1) is 10.1 Å². The Morgan fingerprint density at radius 1 is 0.881 bits per heavy atom. The molecule has 14 nitrogen and oxygen atoms in total. The molecule has 0 unspecified atom stereocenters. The quantitative estimate of drug-likeness (QED) is 0.0588. The molecule has 1 amide bonds. The summed E-state index contributed by atoms with van der Waals surface area (Å²) in [6.07, 6.45) is 0.804. The van der Waals surface area contributed by atoms with Crippen molar-refractivity contribution in [1.29, 1.82) is 0 Å². The van der Waals surface area contributed by atoms with E-state index in [1.165, 1.54) is 13.9 Å². The highest BCUT2D eigenvalue weighted by Crippen LogP contribution is 2.11. The molecule has 0 spiro atoms. The van der Waals surface area contributed by atoms with Crippen LogP contribution < -0.4 is 33.5 Å². The van der Waals surface area contributed by atoms with Gasteiger partial charge in [0, 0.05) is 13.1 Å². The van der Waals surface area contributed by atoms with Crippen LogP contribution in [0.2, 0.25) is 0 Å². The number of carbonyl (C=O) groups is 1. The molecule has 1 atom stereocenters. The average molecular weight is 574 g/mol. The largest absolute Gasteiger partial charge is 0.368 e. The van der Waals surface area contributed by atoms with E-state index in [4.69, 9.17) is 11.5 Å². The number of nitrogens with one attached hydrogen (secondary N) is 2. The first-order valence-electron chi connectivity index (χ1n) is 13.1. The number of aromatic nitrogens is 3. The summed E-state index contributed by atoms with van der Waals surface area (Å²) in [5, 5.41) is 18.1. The molecule has 0 saturated carbocycles. The second kappa shape index (κ2) is 13.7. The molecule has 0 aliphatic heterocycles. The summed E-state index contributed by atoms with van der Waals surface area (Å²) >= 11 is 0. The zero-order valence-electron chi connectivity index (χ0n) is 22.6. The summed E-state index contributed by atoms with van der Waals surface area (Å²) in [6.45, 7) is 0.603. The van der Waals surface area contributed by atoms with Crippen molar-refractivity contribution in [3.05, 3.63) is 127 Å². The fraction of sp³-hybridized carbons (Fsp3) is 0.214. The minimum Gasteiger partial charge on any atom is -0.368 e. The molecule has 14 heteroatoms. The summed E-state index contributed by atoms with van der Waals surface area (Å²) in [7, 11) is 0. The van der Waals surface area contributed by atoms with Crippen LogP contribution in [0.4, 0.5) is 0 Å². The van der Waals surface area contributed by atoms with Gasteiger partial charge in [-0.1, -0.05) is 60.7 Å². The molecule has 0 fully saturated rings.